The molecule has 1 fully saturated rings. The normalized spacial score (nSPS) is 19.7. The molecule has 0 amide bonds. The number of nitrogens with one attached hydrogen (secondary N) is 1. The monoisotopic (exact) mass is 205 g/mol. The van der Waals surface area contributed by atoms with E-state index in [2.05, 4.69) is 11.1 Å². The number of hydrogen-bond acceptors (Lipinski definition) is 3. The van der Waals surface area contributed by atoms with Gasteiger partial charge in [-0.1, -0.05) is 0 Å². The number of nitrogens with two attached hydrogens (primary N) is 1. The van der Waals surface area contributed by atoms with E-state index in [1.165, 1.54) is 0 Å². The summed E-state index contributed by atoms with van der Waals surface area (Å²) in [6.45, 7) is 2.12. The molecule has 4 heteroatoms. The standard InChI is InChI=1S/C11H15N3O/c12-6-10-5-9(7-14-10)11(8-13)1-3-15-4-2-11/h5,7,14H,1-4,8,13H2. The predicted octanol–water partition coefficient (Wildman–Crippen LogP) is 0.893. The van der Waals surface area contributed by atoms with E-state index in [1.807, 2.05) is 12.3 Å². The highest BCUT2D eigenvalue weighted by atomic mass is 16.5. The molecule has 0 aliphatic carbocycles. The van der Waals surface area contributed by atoms with Crippen LogP contribution in [-0.2, 0) is 10.2 Å². The van der Waals surface area contributed by atoms with Crippen LogP contribution in [0.5, 0.6) is 0 Å². The highest BCUT2D eigenvalue weighted by Crippen LogP contribution is 2.33. The molecule has 0 bridgehead atoms. The van der Waals surface area contributed by atoms with E-state index in [0.717, 1.165) is 31.6 Å². The van der Waals surface area contributed by atoms with E-state index in [0.29, 0.717) is 12.2 Å². The molecule has 0 radical (unpaired) electrons. The van der Waals surface area contributed by atoms with E-state index >= 15 is 0 Å². The first-order valence-electron chi connectivity index (χ1n) is 5.17. The molecule has 0 saturated carbocycles. The van der Waals surface area contributed by atoms with Crippen LogP contribution < -0.4 is 5.73 Å². The highest BCUT2D eigenvalue weighted by Gasteiger charge is 2.33. The summed E-state index contributed by atoms with van der Waals surface area (Å²) in [7, 11) is 0. The van der Waals surface area contributed by atoms with Gasteiger partial charge in [-0.3, -0.25) is 0 Å². The molecule has 4 nitrogen and oxygen atoms in total. The van der Waals surface area contributed by atoms with Crippen LogP contribution in [0.4, 0.5) is 0 Å². The quantitative estimate of drug-likeness (QED) is 0.753. The fourth-order valence-corrected chi connectivity index (χ4v) is 2.14. The third kappa shape index (κ3) is 1.76. The van der Waals surface area contributed by atoms with Gasteiger partial charge in [0.2, 0.25) is 0 Å². The first-order valence-corrected chi connectivity index (χ1v) is 5.17. The Hall–Kier alpha value is -1.31. The lowest BCUT2D eigenvalue weighted by Gasteiger charge is -2.35. The van der Waals surface area contributed by atoms with Gasteiger partial charge in [0, 0.05) is 31.4 Å². The molecule has 2 heterocycles. The molecule has 0 unspecified atom stereocenters. The average Bonchev–Trinajstić information content (AvgIpc) is 2.79. The summed E-state index contributed by atoms with van der Waals surface area (Å²) in [4.78, 5) is 2.95. The third-order valence-corrected chi connectivity index (χ3v) is 3.26. The molecule has 1 aliphatic rings. The minimum Gasteiger partial charge on any atom is -0.381 e. The third-order valence-electron chi connectivity index (χ3n) is 3.26. The lowest BCUT2D eigenvalue weighted by molar-refractivity contribution is 0.0530. The van der Waals surface area contributed by atoms with Crippen molar-refractivity contribution in [1.82, 2.24) is 4.98 Å². The van der Waals surface area contributed by atoms with E-state index in [-0.39, 0.29) is 5.41 Å². The molecule has 0 atom stereocenters. The number of nitriles is 1. The molecular weight excluding hydrogens is 190 g/mol. The second-order valence-corrected chi connectivity index (χ2v) is 4.01. The maximum atomic E-state index is 8.77. The summed E-state index contributed by atoms with van der Waals surface area (Å²) >= 11 is 0. The zero-order chi connectivity index (χ0) is 10.7. The van der Waals surface area contributed by atoms with Gasteiger partial charge in [-0.2, -0.15) is 5.26 Å². The maximum Gasteiger partial charge on any atom is 0.117 e. The SMILES string of the molecule is N#Cc1cc(C2(CN)CCOCC2)c[nH]1. The minimum absolute atomic E-state index is 0.00382. The Morgan fingerprint density at radius 3 is 2.80 bits per heavy atom. The number of rotatable bonds is 2. The minimum atomic E-state index is 0.00382. The molecule has 0 spiro atoms. The van der Waals surface area contributed by atoms with Gasteiger partial charge in [0.05, 0.1) is 0 Å². The Morgan fingerprint density at radius 1 is 1.53 bits per heavy atom. The van der Waals surface area contributed by atoms with Crippen molar-refractivity contribution in [2.45, 2.75) is 18.3 Å². The number of H-pyrrole nitrogens is 1. The van der Waals surface area contributed by atoms with Crippen molar-refractivity contribution in [3.05, 3.63) is 23.5 Å². The first kappa shape index (κ1) is 10.2. The van der Waals surface area contributed by atoms with Gasteiger partial charge in [-0.05, 0) is 24.5 Å². The van der Waals surface area contributed by atoms with Gasteiger partial charge in [0.25, 0.3) is 0 Å². The van der Waals surface area contributed by atoms with E-state index in [9.17, 15) is 0 Å². The van der Waals surface area contributed by atoms with Gasteiger partial charge in [0.1, 0.15) is 11.8 Å². The van der Waals surface area contributed by atoms with Crippen LogP contribution in [0.3, 0.4) is 0 Å². The number of hydrogen-bond donors (Lipinski definition) is 2. The Kier molecular flexibility index (Phi) is 2.76. The summed E-state index contributed by atoms with van der Waals surface area (Å²) < 4.78 is 5.35. The average molecular weight is 205 g/mol. The van der Waals surface area contributed by atoms with Crippen molar-refractivity contribution < 1.29 is 4.74 Å². The largest absolute Gasteiger partial charge is 0.381 e. The van der Waals surface area contributed by atoms with Crippen LogP contribution in [0.1, 0.15) is 24.1 Å². The topological polar surface area (TPSA) is 74.8 Å². The van der Waals surface area contributed by atoms with Crippen LogP contribution in [0.25, 0.3) is 0 Å². The number of aromatic amines is 1. The predicted molar refractivity (Wildman–Crippen MR) is 56.3 cm³/mol. The summed E-state index contributed by atoms with van der Waals surface area (Å²) in [5.41, 5.74) is 7.62. The zero-order valence-electron chi connectivity index (χ0n) is 8.62. The van der Waals surface area contributed by atoms with Crippen molar-refractivity contribution in [1.29, 1.82) is 5.26 Å². The van der Waals surface area contributed by atoms with Gasteiger partial charge in [0.15, 0.2) is 0 Å². The smallest absolute Gasteiger partial charge is 0.117 e. The molecule has 1 aromatic rings. The molecule has 1 aromatic heterocycles. The number of aromatic nitrogens is 1. The molecule has 15 heavy (non-hydrogen) atoms. The van der Waals surface area contributed by atoms with Crippen LogP contribution in [0.15, 0.2) is 12.3 Å². The second-order valence-electron chi connectivity index (χ2n) is 4.01. The second kappa shape index (κ2) is 4.05. The number of nitrogens with zero attached hydrogens (tertiary/aromatic N) is 1. The summed E-state index contributed by atoms with van der Waals surface area (Å²) in [5, 5.41) is 8.77. The van der Waals surface area contributed by atoms with Crippen molar-refractivity contribution in [2.75, 3.05) is 19.8 Å². The summed E-state index contributed by atoms with van der Waals surface area (Å²) in [5.74, 6) is 0. The summed E-state index contributed by atoms with van der Waals surface area (Å²) in [6, 6.07) is 4.00. The fourth-order valence-electron chi connectivity index (χ4n) is 2.14. The van der Waals surface area contributed by atoms with Crippen molar-refractivity contribution in [3.63, 3.8) is 0 Å². The Labute approximate surface area is 89.0 Å². The molecule has 80 valence electrons. The molecule has 2 rings (SSSR count). The maximum absolute atomic E-state index is 8.77. The molecule has 0 aromatic carbocycles. The van der Waals surface area contributed by atoms with Gasteiger partial charge >= 0.3 is 0 Å². The van der Waals surface area contributed by atoms with Crippen LogP contribution >= 0.6 is 0 Å². The fraction of sp³-hybridized carbons (Fsp3) is 0.545. The Balaban J connectivity index is 2.28. The van der Waals surface area contributed by atoms with E-state index in [4.69, 9.17) is 15.7 Å². The van der Waals surface area contributed by atoms with Crippen molar-refractivity contribution in [3.8, 4) is 6.07 Å². The van der Waals surface area contributed by atoms with Gasteiger partial charge < -0.3 is 15.5 Å². The van der Waals surface area contributed by atoms with Crippen LogP contribution in [0, 0.1) is 11.3 Å². The molecule has 1 saturated heterocycles. The van der Waals surface area contributed by atoms with E-state index in [1.54, 1.807) is 0 Å². The lowest BCUT2D eigenvalue weighted by Crippen LogP contribution is -2.40. The van der Waals surface area contributed by atoms with Crippen LogP contribution in [-0.4, -0.2) is 24.7 Å². The highest BCUT2D eigenvalue weighted by molar-refractivity contribution is 5.33. The van der Waals surface area contributed by atoms with Crippen LogP contribution in [0.2, 0.25) is 0 Å². The first-order chi connectivity index (χ1) is 7.30. The molecule has 1 aliphatic heterocycles. The Bertz CT molecular complexity index is 371. The summed E-state index contributed by atoms with van der Waals surface area (Å²) in [6.07, 6.45) is 3.77. The van der Waals surface area contributed by atoms with E-state index < -0.39 is 0 Å². The van der Waals surface area contributed by atoms with Crippen molar-refractivity contribution in [2.24, 2.45) is 5.73 Å². The molecule has 3 N–H and O–H groups in total. The lowest BCUT2D eigenvalue weighted by atomic mass is 9.75. The zero-order valence-corrected chi connectivity index (χ0v) is 8.62. The van der Waals surface area contributed by atoms with Crippen molar-refractivity contribution >= 4 is 0 Å². The van der Waals surface area contributed by atoms with Gasteiger partial charge in [-0.15, -0.1) is 0 Å². The Morgan fingerprint density at radius 2 is 2.27 bits per heavy atom. The number of ether oxygens (including phenoxy) is 1. The van der Waals surface area contributed by atoms with Gasteiger partial charge in [-0.25, -0.2) is 0 Å². The molecular formula is C11H15N3O.